The lowest BCUT2D eigenvalue weighted by atomic mass is 9.96. The first-order valence-corrected chi connectivity index (χ1v) is 13.6. The highest BCUT2D eigenvalue weighted by Crippen LogP contribution is 2.23. The SMILES string of the molecule is CCCCCCCCCCCc1ccnc(-c2ccccc2C(=O)CCCCC(C)CC)n1. The first-order valence-electron chi connectivity index (χ1n) is 13.6. The first-order chi connectivity index (χ1) is 16.2. The Balaban J connectivity index is 1.84. The van der Waals surface area contributed by atoms with Gasteiger partial charge in [-0.1, -0.05) is 116 Å². The number of carbonyl (C=O) groups excluding carboxylic acids is 1. The van der Waals surface area contributed by atoms with Gasteiger partial charge >= 0.3 is 0 Å². The van der Waals surface area contributed by atoms with Gasteiger partial charge in [-0.3, -0.25) is 4.79 Å². The van der Waals surface area contributed by atoms with Gasteiger partial charge in [-0.05, 0) is 31.2 Å². The Hall–Kier alpha value is -2.03. The van der Waals surface area contributed by atoms with Crippen LogP contribution in [0.25, 0.3) is 11.4 Å². The van der Waals surface area contributed by atoms with Gasteiger partial charge in [0, 0.05) is 29.4 Å². The van der Waals surface area contributed by atoms with E-state index in [-0.39, 0.29) is 5.78 Å². The highest BCUT2D eigenvalue weighted by molar-refractivity contribution is 6.01. The molecule has 3 nitrogen and oxygen atoms in total. The van der Waals surface area contributed by atoms with Crippen molar-refractivity contribution in [2.75, 3.05) is 0 Å². The number of hydrogen-bond acceptors (Lipinski definition) is 3. The number of ketones is 1. The second-order valence-corrected chi connectivity index (χ2v) is 9.68. The number of Topliss-reactive ketones (excluding diaryl/α,β-unsaturated/α-hetero) is 1. The van der Waals surface area contributed by atoms with E-state index >= 15 is 0 Å². The molecule has 2 rings (SSSR count). The Labute approximate surface area is 202 Å². The molecule has 0 spiro atoms. The number of carbonyl (C=O) groups is 1. The molecule has 182 valence electrons. The number of nitrogens with zero attached hydrogens (tertiary/aromatic N) is 2. The molecule has 0 aliphatic rings. The van der Waals surface area contributed by atoms with E-state index in [0.717, 1.165) is 42.0 Å². The zero-order valence-electron chi connectivity index (χ0n) is 21.5. The zero-order valence-corrected chi connectivity index (χ0v) is 21.5. The van der Waals surface area contributed by atoms with Crippen molar-refractivity contribution < 1.29 is 4.79 Å². The third-order valence-electron chi connectivity index (χ3n) is 6.77. The molecule has 0 fully saturated rings. The molecule has 33 heavy (non-hydrogen) atoms. The molecular weight excluding hydrogens is 404 g/mol. The van der Waals surface area contributed by atoms with Crippen LogP contribution >= 0.6 is 0 Å². The van der Waals surface area contributed by atoms with Crippen LogP contribution in [0, 0.1) is 5.92 Å². The van der Waals surface area contributed by atoms with E-state index < -0.39 is 0 Å². The topological polar surface area (TPSA) is 42.9 Å². The molecule has 2 aromatic rings. The molecule has 1 atom stereocenters. The van der Waals surface area contributed by atoms with Crippen molar-refractivity contribution >= 4 is 5.78 Å². The number of aromatic nitrogens is 2. The van der Waals surface area contributed by atoms with Crippen LogP contribution in [-0.2, 0) is 6.42 Å². The zero-order chi connectivity index (χ0) is 23.7. The molecule has 0 aliphatic carbocycles. The lowest BCUT2D eigenvalue weighted by molar-refractivity contribution is 0.0979. The highest BCUT2D eigenvalue weighted by atomic mass is 16.1. The number of hydrogen-bond donors (Lipinski definition) is 0. The maximum Gasteiger partial charge on any atom is 0.163 e. The van der Waals surface area contributed by atoms with Gasteiger partial charge in [0.25, 0.3) is 0 Å². The summed E-state index contributed by atoms with van der Waals surface area (Å²) in [5, 5.41) is 0. The lowest BCUT2D eigenvalue weighted by Gasteiger charge is -2.10. The summed E-state index contributed by atoms with van der Waals surface area (Å²) in [7, 11) is 0. The summed E-state index contributed by atoms with van der Waals surface area (Å²) >= 11 is 0. The van der Waals surface area contributed by atoms with E-state index in [1.165, 1.54) is 70.6 Å². The van der Waals surface area contributed by atoms with E-state index in [1.54, 1.807) is 0 Å². The van der Waals surface area contributed by atoms with Gasteiger partial charge in [0.2, 0.25) is 0 Å². The number of unbranched alkanes of at least 4 members (excludes halogenated alkanes) is 9. The molecule has 0 bridgehead atoms. The Morgan fingerprint density at radius 1 is 0.848 bits per heavy atom. The maximum absolute atomic E-state index is 12.9. The Morgan fingerprint density at radius 3 is 2.27 bits per heavy atom. The van der Waals surface area contributed by atoms with Crippen molar-refractivity contribution in [3.05, 3.63) is 47.8 Å². The summed E-state index contributed by atoms with van der Waals surface area (Å²) in [5.74, 6) is 1.64. The van der Waals surface area contributed by atoms with E-state index in [4.69, 9.17) is 4.98 Å². The summed E-state index contributed by atoms with van der Waals surface area (Å²) in [6.45, 7) is 6.79. The largest absolute Gasteiger partial charge is 0.294 e. The van der Waals surface area contributed by atoms with Crippen LogP contribution in [0.15, 0.2) is 36.5 Å². The third-order valence-corrected chi connectivity index (χ3v) is 6.77. The fourth-order valence-corrected chi connectivity index (χ4v) is 4.32. The van der Waals surface area contributed by atoms with Crippen molar-refractivity contribution in [3.63, 3.8) is 0 Å². The minimum absolute atomic E-state index is 0.211. The minimum Gasteiger partial charge on any atom is -0.294 e. The molecule has 3 heteroatoms. The predicted molar refractivity (Wildman–Crippen MR) is 141 cm³/mol. The summed E-state index contributed by atoms with van der Waals surface area (Å²) in [4.78, 5) is 22.3. The van der Waals surface area contributed by atoms with Crippen molar-refractivity contribution in [2.45, 2.75) is 117 Å². The molecular formula is C30H46N2O. The van der Waals surface area contributed by atoms with E-state index in [9.17, 15) is 4.79 Å². The molecule has 0 radical (unpaired) electrons. The molecule has 0 saturated carbocycles. The van der Waals surface area contributed by atoms with E-state index in [2.05, 4.69) is 25.8 Å². The average molecular weight is 451 g/mol. The quantitative estimate of drug-likeness (QED) is 0.168. The van der Waals surface area contributed by atoms with Gasteiger partial charge in [0.15, 0.2) is 11.6 Å². The number of benzene rings is 1. The molecule has 1 aromatic heterocycles. The maximum atomic E-state index is 12.9. The third kappa shape index (κ3) is 10.6. The summed E-state index contributed by atoms with van der Waals surface area (Å²) < 4.78 is 0. The van der Waals surface area contributed by atoms with Crippen molar-refractivity contribution in [1.82, 2.24) is 9.97 Å². The van der Waals surface area contributed by atoms with Gasteiger partial charge < -0.3 is 0 Å². The van der Waals surface area contributed by atoms with Crippen molar-refractivity contribution in [1.29, 1.82) is 0 Å². The molecule has 1 heterocycles. The van der Waals surface area contributed by atoms with E-state index in [1.807, 2.05) is 36.5 Å². The van der Waals surface area contributed by atoms with Crippen LogP contribution in [0.5, 0.6) is 0 Å². The summed E-state index contributed by atoms with van der Waals surface area (Å²) in [6, 6.07) is 9.87. The standard InChI is InChI=1S/C30H46N2O/c1-4-6-7-8-9-10-11-12-13-19-26-23-24-31-30(32-26)28-21-16-15-20-27(28)29(33)22-17-14-18-25(3)5-2/h15-16,20-21,23-25H,4-14,17-19,22H2,1-3H3. The monoisotopic (exact) mass is 450 g/mol. The van der Waals surface area contributed by atoms with Gasteiger partial charge in [-0.25, -0.2) is 9.97 Å². The second kappa shape index (κ2) is 16.6. The van der Waals surface area contributed by atoms with Crippen LogP contribution in [0.2, 0.25) is 0 Å². The molecule has 1 unspecified atom stereocenters. The fourth-order valence-electron chi connectivity index (χ4n) is 4.32. The Morgan fingerprint density at radius 2 is 1.55 bits per heavy atom. The second-order valence-electron chi connectivity index (χ2n) is 9.68. The summed E-state index contributed by atoms with van der Waals surface area (Å²) in [6.07, 6.45) is 19.9. The van der Waals surface area contributed by atoms with Gasteiger partial charge in [-0.2, -0.15) is 0 Å². The van der Waals surface area contributed by atoms with Gasteiger partial charge in [0.1, 0.15) is 0 Å². The number of rotatable bonds is 18. The fraction of sp³-hybridized carbons (Fsp3) is 0.633. The lowest BCUT2D eigenvalue weighted by Crippen LogP contribution is -2.04. The van der Waals surface area contributed by atoms with Crippen LogP contribution in [0.3, 0.4) is 0 Å². The average Bonchev–Trinajstić information content (AvgIpc) is 2.85. The van der Waals surface area contributed by atoms with Crippen LogP contribution in [-0.4, -0.2) is 15.8 Å². The normalized spacial score (nSPS) is 12.1. The van der Waals surface area contributed by atoms with Gasteiger partial charge in [-0.15, -0.1) is 0 Å². The predicted octanol–water partition coefficient (Wildman–Crippen LogP) is 9.01. The minimum atomic E-state index is 0.211. The van der Waals surface area contributed by atoms with Crippen molar-refractivity contribution in [3.8, 4) is 11.4 Å². The molecule has 0 aliphatic heterocycles. The molecule has 0 saturated heterocycles. The Bertz CT molecular complexity index is 801. The number of aryl methyl sites for hydroxylation is 1. The first kappa shape index (κ1) is 27.2. The molecule has 1 aromatic carbocycles. The van der Waals surface area contributed by atoms with Crippen LogP contribution in [0.1, 0.15) is 127 Å². The summed E-state index contributed by atoms with van der Waals surface area (Å²) in [5.41, 5.74) is 2.72. The Kier molecular flexibility index (Phi) is 13.7. The molecule has 0 amide bonds. The van der Waals surface area contributed by atoms with Crippen LogP contribution < -0.4 is 0 Å². The van der Waals surface area contributed by atoms with Gasteiger partial charge in [0.05, 0.1) is 0 Å². The van der Waals surface area contributed by atoms with Crippen LogP contribution in [0.4, 0.5) is 0 Å². The van der Waals surface area contributed by atoms with Crippen molar-refractivity contribution in [2.24, 2.45) is 5.92 Å². The smallest absolute Gasteiger partial charge is 0.163 e. The molecule has 0 N–H and O–H groups in total. The highest BCUT2D eigenvalue weighted by Gasteiger charge is 2.14. The van der Waals surface area contributed by atoms with E-state index in [0.29, 0.717) is 12.2 Å².